The Morgan fingerprint density at radius 2 is 1.96 bits per heavy atom. The first kappa shape index (κ1) is 18.1. The maximum Gasteiger partial charge on any atom is 0.273 e. The molecule has 0 radical (unpaired) electrons. The molecule has 2 aromatic carbocycles. The van der Waals surface area contributed by atoms with Crippen LogP contribution in [0.2, 0.25) is 0 Å². The van der Waals surface area contributed by atoms with Crippen LogP contribution in [0.5, 0.6) is 11.5 Å². The third-order valence-electron chi connectivity index (χ3n) is 5.17. The summed E-state index contributed by atoms with van der Waals surface area (Å²) in [6.45, 7) is 4.65. The average molecular weight is 377 g/mol. The SMILES string of the molecule is CCCN1C(=O)c2[nH]nc(-c3cc(C)ccc3O)c2[C@H]1c1ccc(OC)cc1. The fourth-order valence-electron chi connectivity index (χ4n) is 3.85. The van der Waals surface area contributed by atoms with Crippen LogP contribution in [0.25, 0.3) is 11.3 Å². The maximum atomic E-state index is 13.1. The lowest BCUT2D eigenvalue weighted by Crippen LogP contribution is -2.30. The highest BCUT2D eigenvalue weighted by atomic mass is 16.5. The Hall–Kier alpha value is -3.28. The number of H-pyrrole nitrogens is 1. The summed E-state index contributed by atoms with van der Waals surface area (Å²) in [6, 6.07) is 12.9. The van der Waals surface area contributed by atoms with Gasteiger partial charge in [0.05, 0.1) is 13.2 Å². The number of aromatic hydroxyl groups is 1. The van der Waals surface area contributed by atoms with Crippen LogP contribution in [-0.2, 0) is 0 Å². The summed E-state index contributed by atoms with van der Waals surface area (Å²) in [5, 5.41) is 17.8. The molecule has 0 bridgehead atoms. The van der Waals surface area contributed by atoms with E-state index in [2.05, 4.69) is 17.1 Å². The van der Waals surface area contributed by atoms with E-state index in [4.69, 9.17) is 4.74 Å². The molecule has 1 aliphatic rings. The van der Waals surface area contributed by atoms with Crippen LogP contribution < -0.4 is 4.74 Å². The summed E-state index contributed by atoms with van der Waals surface area (Å²) in [6.07, 6.45) is 0.848. The Bertz CT molecular complexity index is 1020. The van der Waals surface area contributed by atoms with Crippen molar-refractivity contribution in [2.24, 2.45) is 0 Å². The van der Waals surface area contributed by atoms with E-state index < -0.39 is 0 Å². The van der Waals surface area contributed by atoms with Crippen molar-refractivity contribution >= 4 is 5.91 Å². The van der Waals surface area contributed by atoms with Crippen molar-refractivity contribution in [2.45, 2.75) is 26.3 Å². The van der Waals surface area contributed by atoms with Crippen LogP contribution in [0.4, 0.5) is 0 Å². The fraction of sp³-hybridized carbons (Fsp3) is 0.273. The Balaban J connectivity index is 1.90. The number of aromatic nitrogens is 2. The zero-order valence-corrected chi connectivity index (χ0v) is 16.2. The molecule has 0 saturated carbocycles. The molecule has 2 N–H and O–H groups in total. The number of ether oxygens (including phenoxy) is 1. The minimum atomic E-state index is -0.262. The van der Waals surface area contributed by atoms with Gasteiger partial charge in [-0.1, -0.05) is 30.7 Å². The van der Waals surface area contributed by atoms with Gasteiger partial charge in [-0.2, -0.15) is 5.10 Å². The summed E-state index contributed by atoms with van der Waals surface area (Å²) >= 11 is 0. The average Bonchev–Trinajstić information content (AvgIpc) is 3.24. The molecular formula is C22H23N3O3. The van der Waals surface area contributed by atoms with Gasteiger partial charge in [-0.3, -0.25) is 9.89 Å². The Morgan fingerprint density at radius 1 is 1.21 bits per heavy atom. The molecule has 0 aliphatic carbocycles. The normalized spacial score (nSPS) is 15.8. The molecule has 1 amide bonds. The number of phenols is 1. The second-order valence-electron chi connectivity index (χ2n) is 7.06. The smallest absolute Gasteiger partial charge is 0.273 e. The zero-order chi connectivity index (χ0) is 19.8. The van der Waals surface area contributed by atoms with Crippen molar-refractivity contribution < 1.29 is 14.6 Å². The van der Waals surface area contributed by atoms with Gasteiger partial charge in [0.2, 0.25) is 0 Å². The molecular weight excluding hydrogens is 354 g/mol. The lowest BCUT2D eigenvalue weighted by atomic mass is 9.95. The molecule has 3 aromatic rings. The van der Waals surface area contributed by atoms with Crippen molar-refractivity contribution in [3.63, 3.8) is 0 Å². The number of nitrogens with one attached hydrogen (secondary N) is 1. The van der Waals surface area contributed by atoms with E-state index in [1.807, 2.05) is 48.2 Å². The van der Waals surface area contributed by atoms with E-state index in [1.165, 1.54) is 0 Å². The van der Waals surface area contributed by atoms with Crippen LogP contribution >= 0.6 is 0 Å². The molecule has 0 unspecified atom stereocenters. The number of rotatable bonds is 5. The predicted molar refractivity (Wildman–Crippen MR) is 107 cm³/mol. The molecule has 144 valence electrons. The number of hydrogen-bond donors (Lipinski definition) is 2. The van der Waals surface area contributed by atoms with Crippen LogP contribution in [-0.4, -0.2) is 39.8 Å². The standard InChI is InChI=1S/C22H23N3O3/c1-4-11-25-21(14-6-8-15(28-3)9-7-14)18-19(23-24-20(18)22(25)27)16-12-13(2)5-10-17(16)26/h5-10,12,21,26H,4,11H2,1-3H3,(H,23,24)/t21-/m1/s1. The molecule has 1 aromatic heterocycles. The van der Waals surface area contributed by atoms with Gasteiger partial charge >= 0.3 is 0 Å². The predicted octanol–water partition coefficient (Wildman–Crippen LogP) is 4.05. The highest BCUT2D eigenvalue weighted by Crippen LogP contribution is 2.44. The van der Waals surface area contributed by atoms with Crippen LogP contribution in [0.1, 0.15) is 46.6 Å². The van der Waals surface area contributed by atoms with Crippen molar-refractivity contribution in [2.75, 3.05) is 13.7 Å². The molecule has 2 heterocycles. The van der Waals surface area contributed by atoms with E-state index in [1.54, 1.807) is 13.2 Å². The van der Waals surface area contributed by atoms with E-state index in [-0.39, 0.29) is 17.7 Å². The third kappa shape index (κ3) is 2.81. The Morgan fingerprint density at radius 3 is 2.64 bits per heavy atom. The molecule has 6 nitrogen and oxygen atoms in total. The number of carbonyl (C=O) groups is 1. The molecule has 0 spiro atoms. The number of nitrogens with zero attached hydrogens (tertiary/aromatic N) is 2. The highest BCUT2D eigenvalue weighted by Gasteiger charge is 2.42. The summed E-state index contributed by atoms with van der Waals surface area (Å²) in [5.74, 6) is 0.845. The van der Waals surface area contributed by atoms with Gasteiger partial charge in [-0.15, -0.1) is 0 Å². The molecule has 28 heavy (non-hydrogen) atoms. The van der Waals surface area contributed by atoms with Crippen molar-refractivity contribution in [1.82, 2.24) is 15.1 Å². The van der Waals surface area contributed by atoms with E-state index in [0.717, 1.165) is 28.9 Å². The molecule has 1 aliphatic heterocycles. The van der Waals surface area contributed by atoms with Gasteiger partial charge in [0, 0.05) is 17.7 Å². The third-order valence-corrected chi connectivity index (χ3v) is 5.17. The summed E-state index contributed by atoms with van der Waals surface area (Å²) in [4.78, 5) is 14.9. The Kier molecular flexibility index (Phi) is 4.55. The molecule has 4 rings (SSSR count). The van der Waals surface area contributed by atoms with Crippen molar-refractivity contribution in [1.29, 1.82) is 0 Å². The van der Waals surface area contributed by atoms with E-state index in [9.17, 15) is 9.90 Å². The maximum absolute atomic E-state index is 13.1. The number of aryl methyl sites for hydroxylation is 1. The first-order chi connectivity index (χ1) is 13.5. The number of aromatic amines is 1. The summed E-state index contributed by atoms with van der Waals surface area (Å²) < 4.78 is 5.27. The summed E-state index contributed by atoms with van der Waals surface area (Å²) in [5.41, 5.74) is 4.54. The minimum absolute atomic E-state index is 0.0661. The molecule has 1 atom stereocenters. The number of methoxy groups -OCH3 is 1. The van der Waals surface area contributed by atoms with E-state index in [0.29, 0.717) is 23.5 Å². The monoisotopic (exact) mass is 377 g/mol. The largest absolute Gasteiger partial charge is 0.507 e. The lowest BCUT2D eigenvalue weighted by molar-refractivity contribution is 0.0744. The number of carbonyl (C=O) groups excluding carboxylic acids is 1. The van der Waals surface area contributed by atoms with Crippen LogP contribution in [0.3, 0.4) is 0 Å². The van der Waals surface area contributed by atoms with Gasteiger partial charge in [0.15, 0.2) is 0 Å². The topological polar surface area (TPSA) is 78.5 Å². The number of hydrogen-bond acceptors (Lipinski definition) is 4. The number of phenolic OH excluding ortho intramolecular Hbond substituents is 1. The van der Waals surface area contributed by atoms with Gasteiger partial charge in [0.1, 0.15) is 22.9 Å². The summed E-state index contributed by atoms with van der Waals surface area (Å²) in [7, 11) is 1.63. The van der Waals surface area contributed by atoms with Crippen LogP contribution in [0, 0.1) is 6.92 Å². The second-order valence-corrected chi connectivity index (χ2v) is 7.06. The van der Waals surface area contributed by atoms with Crippen LogP contribution in [0.15, 0.2) is 42.5 Å². The minimum Gasteiger partial charge on any atom is -0.507 e. The number of amides is 1. The zero-order valence-electron chi connectivity index (χ0n) is 16.2. The van der Waals surface area contributed by atoms with E-state index >= 15 is 0 Å². The van der Waals surface area contributed by atoms with Gasteiger partial charge in [0.25, 0.3) is 5.91 Å². The van der Waals surface area contributed by atoms with Crippen molar-refractivity contribution in [3.8, 4) is 22.8 Å². The van der Waals surface area contributed by atoms with Crippen molar-refractivity contribution in [3.05, 3.63) is 64.8 Å². The second kappa shape index (κ2) is 7.03. The van der Waals surface area contributed by atoms with Gasteiger partial charge in [-0.25, -0.2) is 0 Å². The Labute approximate surface area is 163 Å². The first-order valence-electron chi connectivity index (χ1n) is 9.38. The molecule has 0 saturated heterocycles. The van der Waals surface area contributed by atoms with Gasteiger partial charge < -0.3 is 14.7 Å². The highest BCUT2D eigenvalue weighted by molar-refractivity contribution is 6.00. The lowest BCUT2D eigenvalue weighted by Gasteiger charge is -2.26. The quantitative estimate of drug-likeness (QED) is 0.703. The number of benzene rings is 2. The molecule has 0 fully saturated rings. The van der Waals surface area contributed by atoms with Gasteiger partial charge in [-0.05, 0) is 43.2 Å². The number of fused-ring (bicyclic) bond motifs is 1. The molecule has 6 heteroatoms. The fourth-order valence-corrected chi connectivity index (χ4v) is 3.85. The first-order valence-corrected chi connectivity index (χ1v) is 9.38.